The van der Waals surface area contributed by atoms with Crippen LogP contribution in [0.15, 0.2) is 0 Å². The third-order valence-corrected chi connectivity index (χ3v) is 1.47. The van der Waals surface area contributed by atoms with Crippen LogP contribution < -0.4 is 0 Å². The Balaban J connectivity index is 0. The van der Waals surface area contributed by atoms with Gasteiger partial charge in [0.2, 0.25) is 0 Å². The summed E-state index contributed by atoms with van der Waals surface area (Å²) in [6.45, 7) is 2.03. The Kier molecular flexibility index (Phi) is 11.1. The van der Waals surface area contributed by atoms with Crippen molar-refractivity contribution in [3.63, 3.8) is 0 Å². The molecule has 42 valence electrons. The maximum absolute atomic E-state index is 10.2. The van der Waals surface area contributed by atoms with Gasteiger partial charge in [-0.25, -0.2) is 0 Å². The minimum Gasteiger partial charge on any atom is -0.260 e. The summed E-state index contributed by atoms with van der Waals surface area (Å²) in [5.74, 6) is 0.847. The largest absolute Gasteiger partial charge is 0.260 e. The van der Waals surface area contributed by atoms with Crippen molar-refractivity contribution in [3.8, 4) is 0 Å². The molecule has 0 amide bonds. The fraction of sp³-hybridized carbons (Fsp3) is 1.00. The van der Waals surface area contributed by atoms with Crippen LogP contribution in [0.3, 0.4) is 0 Å². The van der Waals surface area contributed by atoms with E-state index in [4.69, 9.17) is 0 Å². The molecule has 0 N–H and O–H groups in total. The van der Waals surface area contributed by atoms with Crippen molar-refractivity contribution >= 4 is 38.1 Å². The zero-order valence-corrected chi connectivity index (χ0v) is 9.43. The SMILES string of the molecule is CCCS(C)=O.[Pb]. The third-order valence-electron chi connectivity index (χ3n) is 0.492. The molecule has 0 rings (SSSR count). The predicted octanol–water partition coefficient (Wildman–Crippen LogP) is 0.394. The van der Waals surface area contributed by atoms with Gasteiger partial charge in [-0.2, -0.15) is 0 Å². The van der Waals surface area contributed by atoms with E-state index >= 15 is 0 Å². The molecule has 0 spiro atoms. The van der Waals surface area contributed by atoms with Gasteiger partial charge < -0.3 is 0 Å². The normalized spacial score (nSPS) is 12.3. The summed E-state index contributed by atoms with van der Waals surface area (Å²) in [5, 5.41) is 0. The minimum atomic E-state index is -0.566. The molecule has 0 saturated carbocycles. The Morgan fingerprint density at radius 2 is 2.00 bits per heavy atom. The zero-order chi connectivity index (χ0) is 4.99. The average Bonchev–Trinajstić information content (AvgIpc) is 1.35. The summed E-state index contributed by atoms with van der Waals surface area (Å²) in [5.41, 5.74) is 0. The van der Waals surface area contributed by atoms with E-state index < -0.39 is 10.8 Å². The van der Waals surface area contributed by atoms with Crippen LogP contribution in [0.1, 0.15) is 13.3 Å². The van der Waals surface area contributed by atoms with Crippen LogP contribution in [-0.2, 0) is 10.8 Å². The van der Waals surface area contributed by atoms with E-state index in [1.54, 1.807) is 6.26 Å². The first-order valence-electron chi connectivity index (χ1n) is 2.07. The Morgan fingerprint density at radius 3 is 2.00 bits per heavy atom. The van der Waals surface area contributed by atoms with Gasteiger partial charge in [-0.1, -0.05) is 6.92 Å². The quantitative estimate of drug-likeness (QED) is 0.674. The number of hydrogen-bond donors (Lipinski definition) is 0. The number of rotatable bonds is 2. The van der Waals surface area contributed by atoms with Gasteiger partial charge in [0.15, 0.2) is 0 Å². The first-order chi connectivity index (χ1) is 2.77. The topological polar surface area (TPSA) is 17.1 Å². The maximum atomic E-state index is 10.2. The molecule has 0 aliphatic carbocycles. The Hall–Kier alpha value is 1.07. The van der Waals surface area contributed by atoms with E-state index in [0.29, 0.717) is 0 Å². The van der Waals surface area contributed by atoms with Crippen molar-refractivity contribution in [1.82, 2.24) is 0 Å². The fourth-order valence-electron chi connectivity index (χ4n) is 0.287. The molecule has 0 aliphatic heterocycles. The number of hydrogen-bond acceptors (Lipinski definition) is 1. The summed E-state index contributed by atoms with van der Waals surface area (Å²) in [7, 11) is -0.566. The van der Waals surface area contributed by atoms with Crippen molar-refractivity contribution in [2.75, 3.05) is 12.0 Å². The second-order valence-corrected chi connectivity index (χ2v) is 2.83. The van der Waals surface area contributed by atoms with E-state index in [-0.39, 0.29) is 27.3 Å². The van der Waals surface area contributed by atoms with Gasteiger partial charge in [0.05, 0.1) is 0 Å². The van der Waals surface area contributed by atoms with E-state index in [1.165, 1.54) is 0 Å². The first kappa shape index (κ1) is 10.9. The molecule has 1 unspecified atom stereocenters. The van der Waals surface area contributed by atoms with Gasteiger partial charge in [0.1, 0.15) is 0 Å². The van der Waals surface area contributed by atoms with Crippen molar-refractivity contribution in [2.24, 2.45) is 0 Å². The Labute approximate surface area is 67.5 Å². The van der Waals surface area contributed by atoms with Gasteiger partial charge in [-0.3, -0.25) is 4.21 Å². The van der Waals surface area contributed by atoms with Crippen molar-refractivity contribution in [2.45, 2.75) is 13.3 Å². The van der Waals surface area contributed by atoms with Crippen LogP contribution in [0, 0.1) is 0 Å². The molecule has 0 bridgehead atoms. The monoisotopic (exact) mass is 314 g/mol. The molecule has 0 fully saturated rings. The van der Waals surface area contributed by atoms with Crippen LogP contribution >= 0.6 is 0 Å². The first-order valence-corrected chi connectivity index (χ1v) is 3.80. The van der Waals surface area contributed by atoms with Gasteiger partial charge >= 0.3 is 0 Å². The molecule has 1 atom stereocenters. The second-order valence-electron chi connectivity index (χ2n) is 1.28. The molecule has 0 aromatic rings. The van der Waals surface area contributed by atoms with Gasteiger partial charge in [0.25, 0.3) is 0 Å². The van der Waals surface area contributed by atoms with Crippen molar-refractivity contribution < 1.29 is 4.21 Å². The molecule has 3 heteroatoms. The molecule has 0 heterocycles. The van der Waals surface area contributed by atoms with Crippen LogP contribution in [0.5, 0.6) is 0 Å². The maximum Gasteiger partial charge on any atom is 0.0229 e. The van der Waals surface area contributed by atoms with E-state index in [0.717, 1.165) is 12.2 Å². The Morgan fingerprint density at radius 1 is 1.57 bits per heavy atom. The molecule has 4 radical (unpaired) electrons. The summed E-state index contributed by atoms with van der Waals surface area (Å²) < 4.78 is 10.2. The van der Waals surface area contributed by atoms with Crippen LogP contribution in [0.25, 0.3) is 0 Å². The molecular weight excluding hydrogens is 303 g/mol. The second kappa shape index (κ2) is 7.07. The standard InChI is InChI=1S/C4H10OS.Pb/c1-3-4-6(2)5;/h3-4H2,1-2H3;. The van der Waals surface area contributed by atoms with Gasteiger partial charge in [0, 0.05) is 50.1 Å². The van der Waals surface area contributed by atoms with E-state index in [2.05, 4.69) is 0 Å². The van der Waals surface area contributed by atoms with Crippen molar-refractivity contribution in [1.29, 1.82) is 0 Å². The molecule has 0 aromatic carbocycles. The van der Waals surface area contributed by atoms with Gasteiger partial charge in [-0.05, 0) is 6.42 Å². The van der Waals surface area contributed by atoms with E-state index in [9.17, 15) is 4.21 Å². The van der Waals surface area contributed by atoms with E-state index in [1.807, 2.05) is 6.92 Å². The van der Waals surface area contributed by atoms with Crippen molar-refractivity contribution in [3.05, 3.63) is 0 Å². The average molecular weight is 313 g/mol. The van der Waals surface area contributed by atoms with Crippen LogP contribution in [0.2, 0.25) is 0 Å². The summed E-state index contributed by atoms with van der Waals surface area (Å²) in [6.07, 6.45) is 2.76. The molecule has 0 aromatic heterocycles. The molecule has 0 aliphatic rings. The molecule has 7 heavy (non-hydrogen) atoms. The van der Waals surface area contributed by atoms with Crippen LogP contribution in [0.4, 0.5) is 0 Å². The summed E-state index contributed by atoms with van der Waals surface area (Å²) >= 11 is 0. The third kappa shape index (κ3) is 11.0. The predicted molar refractivity (Wildman–Crippen MR) is 35.0 cm³/mol. The molecule has 1 nitrogen and oxygen atoms in total. The van der Waals surface area contributed by atoms with Crippen LogP contribution in [-0.4, -0.2) is 43.5 Å². The zero-order valence-electron chi connectivity index (χ0n) is 4.73. The smallest absolute Gasteiger partial charge is 0.0229 e. The summed E-state index contributed by atoms with van der Waals surface area (Å²) in [4.78, 5) is 0. The fourth-order valence-corrected chi connectivity index (χ4v) is 0.862. The minimum absolute atomic E-state index is 0. The summed E-state index contributed by atoms with van der Waals surface area (Å²) in [6, 6.07) is 0. The van der Waals surface area contributed by atoms with Gasteiger partial charge in [-0.15, -0.1) is 0 Å². The molecule has 0 saturated heterocycles. The molecular formula is C4H10OPbS. The Bertz CT molecular complexity index is 55.7.